The fourth-order valence-corrected chi connectivity index (χ4v) is 4.20. The number of ether oxygens (including phenoxy) is 1. The minimum atomic E-state index is -4.78. The highest BCUT2D eigenvalue weighted by molar-refractivity contribution is 7.92. The molecule has 3 aromatic rings. The fraction of sp³-hybridized carbons (Fsp3) is 0.0952. The first-order valence-corrected chi connectivity index (χ1v) is 10.3. The zero-order valence-electron chi connectivity index (χ0n) is 16.3. The van der Waals surface area contributed by atoms with Gasteiger partial charge in [0.2, 0.25) is 0 Å². The molecular weight excluding hydrogens is 454 g/mol. The van der Waals surface area contributed by atoms with Gasteiger partial charge in [-0.25, -0.2) is 17.6 Å². The van der Waals surface area contributed by atoms with Gasteiger partial charge >= 0.3 is 12.1 Å². The molecule has 0 fully saturated rings. The van der Waals surface area contributed by atoms with Gasteiger partial charge in [0.25, 0.3) is 10.0 Å². The van der Waals surface area contributed by atoms with Gasteiger partial charge in [-0.3, -0.25) is 4.72 Å². The summed E-state index contributed by atoms with van der Waals surface area (Å²) in [7, 11) is -3.46. The van der Waals surface area contributed by atoms with Crippen LogP contribution >= 0.6 is 0 Å². The van der Waals surface area contributed by atoms with E-state index in [2.05, 4.69) is 4.72 Å². The van der Waals surface area contributed by atoms with Crippen LogP contribution in [0.15, 0.2) is 65.6 Å². The third-order valence-corrected chi connectivity index (χ3v) is 5.81. The summed E-state index contributed by atoms with van der Waals surface area (Å²) in [6.45, 7) is 0. The summed E-state index contributed by atoms with van der Waals surface area (Å²) < 4.78 is 86.5. The molecule has 0 atom stereocenters. The van der Waals surface area contributed by atoms with E-state index in [4.69, 9.17) is 9.84 Å². The Hall–Kier alpha value is -3.60. The van der Waals surface area contributed by atoms with Crippen LogP contribution in [0, 0.1) is 5.82 Å². The number of carbonyl (C=O) groups is 1. The van der Waals surface area contributed by atoms with Crippen LogP contribution < -0.4 is 9.46 Å². The zero-order chi connectivity index (χ0) is 23.7. The minimum absolute atomic E-state index is 0.0190. The first-order chi connectivity index (χ1) is 14.9. The number of hydrogen-bond donors (Lipinski definition) is 2. The fourth-order valence-electron chi connectivity index (χ4n) is 2.93. The molecule has 2 N–H and O–H groups in total. The van der Waals surface area contributed by atoms with Gasteiger partial charge in [-0.15, -0.1) is 0 Å². The Bertz CT molecular complexity index is 1290. The number of carboxylic acids is 1. The van der Waals surface area contributed by atoms with E-state index >= 15 is 0 Å². The number of alkyl halides is 3. The van der Waals surface area contributed by atoms with Gasteiger partial charge in [-0.05, 0) is 48.0 Å². The molecule has 32 heavy (non-hydrogen) atoms. The molecule has 0 saturated carbocycles. The second-order valence-corrected chi connectivity index (χ2v) is 8.20. The van der Waals surface area contributed by atoms with Crippen LogP contribution in [-0.4, -0.2) is 26.6 Å². The Morgan fingerprint density at radius 1 is 1.03 bits per heavy atom. The number of rotatable bonds is 6. The summed E-state index contributed by atoms with van der Waals surface area (Å²) in [5.41, 5.74) is -1.88. The van der Waals surface area contributed by atoms with Crippen LogP contribution in [0.1, 0.15) is 15.9 Å². The highest BCUT2D eigenvalue weighted by Crippen LogP contribution is 2.37. The second-order valence-electron chi connectivity index (χ2n) is 6.54. The van der Waals surface area contributed by atoms with Crippen LogP contribution in [0.3, 0.4) is 0 Å². The first kappa shape index (κ1) is 23.1. The molecule has 0 radical (unpaired) electrons. The predicted molar refractivity (Wildman–Crippen MR) is 108 cm³/mol. The van der Waals surface area contributed by atoms with E-state index < -0.39 is 44.1 Å². The third kappa shape index (κ3) is 4.83. The molecule has 3 aromatic carbocycles. The largest absolute Gasteiger partial charge is 0.495 e. The SMILES string of the molecule is COc1ccc(C(=O)O)cc1S(=O)(=O)Nc1cc(C(F)(F)F)ccc1-c1cccc(F)c1. The summed E-state index contributed by atoms with van der Waals surface area (Å²) in [5, 5.41) is 9.16. The highest BCUT2D eigenvalue weighted by atomic mass is 32.2. The number of carboxylic acid groups (broad SMARTS) is 1. The molecule has 11 heteroatoms. The van der Waals surface area contributed by atoms with Crippen molar-refractivity contribution >= 4 is 21.7 Å². The Morgan fingerprint density at radius 3 is 2.34 bits per heavy atom. The lowest BCUT2D eigenvalue weighted by molar-refractivity contribution is -0.137. The molecule has 0 aliphatic carbocycles. The molecule has 0 heterocycles. The Kier molecular flexibility index (Phi) is 6.13. The number of hydrogen-bond acceptors (Lipinski definition) is 4. The number of methoxy groups -OCH3 is 1. The lowest BCUT2D eigenvalue weighted by Gasteiger charge is -2.17. The van der Waals surface area contributed by atoms with E-state index in [0.29, 0.717) is 6.07 Å². The van der Waals surface area contributed by atoms with Gasteiger partial charge in [0.15, 0.2) is 0 Å². The third-order valence-electron chi connectivity index (χ3n) is 4.43. The average Bonchev–Trinajstić information content (AvgIpc) is 2.72. The maximum atomic E-state index is 13.7. The van der Waals surface area contributed by atoms with Crippen molar-refractivity contribution in [1.29, 1.82) is 0 Å². The highest BCUT2D eigenvalue weighted by Gasteiger charge is 2.32. The van der Waals surface area contributed by atoms with E-state index in [-0.39, 0.29) is 22.4 Å². The van der Waals surface area contributed by atoms with Crippen molar-refractivity contribution in [2.75, 3.05) is 11.8 Å². The number of benzene rings is 3. The van der Waals surface area contributed by atoms with Crippen molar-refractivity contribution in [1.82, 2.24) is 0 Å². The summed E-state index contributed by atoms with van der Waals surface area (Å²) >= 11 is 0. The standard InChI is InChI=1S/C21H15F4NO5S/c1-31-18-8-5-13(20(27)28)10-19(18)32(29,30)26-17-11-14(21(23,24)25)6-7-16(17)12-3-2-4-15(22)9-12/h2-11,26H,1H3,(H,27,28). The van der Waals surface area contributed by atoms with Gasteiger partial charge in [-0.2, -0.15) is 13.2 Å². The number of aromatic carboxylic acids is 1. The average molecular weight is 469 g/mol. The van der Waals surface area contributed by atoms with E-state index in [1.807, 2.05) is 0 Å². The summed E-state index contributed by atoms with van der Waals surface area (Å²) in [6.07, 6.45) is -4.78. The van der Waals surface area contributed by atoms with Gasteiger partial charge in [0.05, 0.1) is 23.9 Å². The topological polar surface area (TPSA) is 92.7 Å². The Labute approximate surface area is 180 Å². The van der Waals surface area contributed by atoms with Crippen molar-refractivity contribution in [2.24, 2.45) is 0 Å². The van der Waals surface area contributed by atoms with Crippen molar-refractivity contribution in [3.05, 3.63) is 77.6 Å². The number of sulfonamides is 1. The van der Waals surface area contributed by atoms with Gasteiger partial charge in [-0.1, -0.05) is 18.2 Å². The zero-order valence-corrected chi connectivity index (χ0v) is 17.1. The lowest BCUT2D eigenvalue weighted by Crippen LogP contribution is -2.16. The maximum absolute atomic E-state index is 13.7. The van der Waals surface area contributed by atoms with Crippen LogP contribution in [0.2, 0.25) is 0 Å². The molecule has 168 valence electrons. The van der Waals surface area contributed by atoms with Crippen molar-refractivity contribution in [3.63, 3.8) is 0 Å². The summed E-state index contributed by atoms with van der Waals surface area (Å²) in [4.78, 5) is 10.7. The molecule has 0 aromatic heterocycles. The smallest absolute Gasteiger partial charge is 0.416 e. The maximum Gasteiger partial charge on any atom is 0.416 e. The number of anilines is 1. The van der Waals surface area contributed by atoms with E-state index in [1.165, 1.54) is 12.1 Å². The van der Waals surface area contributed by atoms with E-state index in [0.717, 1.165) is 49.6 Å². The number of nitrogens with one attached hydrogen (secondary N) is 1. The van der Waals surface area contributed by atoms with E-state index in [9.17, 15) is 30.8 Å². The van der Waals surface area contributed by atoms with Gasteiger partial charge < -0.3 is 9.84 Å². The monoisotopic (exact) mass is 469 g/mol. The van der Waals surface area contributed by atoms with Crippen LogP contribution in [0.4, 0.5) is 23.2 Å². The molecule has 0 saturated heterocycles. The van der Waals surface area contributed by atoms with E-state index in [1.54, 1.807) is 0 Å². The summed E-state index contributed by atoms with van der Waals surface area (Å²) in [6, 6.07) is 10.2. The van der Waals surface area contributed by atoms with Crippen LogP contribution in [0.25, 0.3) is 11.1 Å². The molecule has 0 spiro atoms. The van der Waals surface area contributed by atoms with Crippen molar-refractivity contribution < 1.29 is 40.6 Å². The first-order valence-electron chi connectivity index (χ1n) is 8.84. The molecule has 0 bridgehead atoms. The van der Waals surface area contributed by atoms with Crippen molar-refractivity contribution in [3.8, 4) is 16.9 Å². The summed E-state index contributed by atoms with van der Waals surface area (Å²) in [5.74, 6) is -2.31. The second kappa shape index (κ2) is 8.50. The molecule has 0 aliphatic heterocycles. The quantitative estimate of drug-likeness (QED) is 0.495. The van der Waals surface area contributed by atoms with Gasteiger partial charge in [0, 0.05) is 5.56 Å². The minimum Gasteiger partial charge on any atom is -0.495 e. The lowest BCUT2D eigenvalue weighted by atomic mass is 10.0. The normalized spacial score (nSPS) is 11.8. The molecule has 3 rings (SSSR count). The van der Waals surface area contributed by atoms with Gasteiger partial charge in [0.1, 0.15) is 16.5 Å². The van der Waals surface area contributed by atoms with Crippen LogP contribution in [-0.2, 0) is 16.2 Å². The molecular formula is C21H15F4NO5S. The predicted octanol–water partition coefficient (Wildman–Crippen LogP) is 5.02. The molecule has 0 aliphatic rings. The molecule has 6 nitrogen and oxygen atoms in total. The number of halogens is 4. The van der Waals surface area contributed by atoms with Crippen molar-refractivity contribution in [2.45, 2.75) is 11.1 Å². The Morgan fingerprint density at radius 2 is 1.75 bits per heavy atom. The molecule has 0 unspecified atom stereocenters. The Balaban J connectivity index is 2.18. The van der Waals surface area contributed by atoms with Crippen LogP contribution in [0.5, 0.6) is 5.75 Å². The molecule has 0 amide bonds.